The number of aromatic amines is 1. The number of H-pyrrole nitrogens is 1. The molecule has 0 aliphatic heterocycles. The lowest BCUT2D eigenvalue weighted by Crippen LogP contribution is -2.21. The molecule has 122 valence electrons. The molecule has 1 amide bonds. The van der Waals surface area contributed by atoms with Crippen molar-refractivity contribution in [3.8, 4) is 11.4 Å². The molecule has 0 spiro atoms. The van der Waals surface area contributed by atoms with Crippen LogP contribution in [0.15, 0.2) is 48.5 Å². The van der Waals surface area contributed by atoms with Crippen LogP contribution in [0, 0.1) is 6.92 Å². The van der Waals surface area contributed by atoms with Crippen LogP contribution < -0.4 is 5.32 Å². The molecule has 0 aliphatic rings. The van der Waals surface area contributed by atoms with Crippen molar-refractivity contribution < 1.29 is 9.90 Å². The Labute approximate surface area is 143 Å². The van der Waals surface area contributed by atoms with Crippen molar-refractivity contribution in [2.75, 3.05) is 5.32 Å². The minimum atomic E-state index is -1.35. The highest BCUT2D eigenvalue weighted by Gasteiger charge is 2.20. The SMILES string of the molecule is Cc1nc(-c2cccc(NC(=O)[C@H](O)c3ccccc3Cl)c2)n[nH]1. The number of amides is 1. The number of nitrogens with zero attached hydrogens (tertiary/aromatic N) is 2. The molecule has 0 bridgehead atoms. The van der Waals surface area contributed by atoms with Crippen molar-refractivity contribution in [2.24, 2.45) is 0 Å². The maximum Gasteiger partial charge on any atom is 0.257 e. The Hall–Kier alpha value is -2.70. The Morgan fingerprint density at radius 1 is 1.25 bits per heavy atom. The van der Waals surface area contributed by atoms with E-state index in [-0.39, 0.29) is 0 Å². The molecule has 24 heavy (non-hydrogen) atoms. The van der Waals surface area contributed by atoms with E-state index in [1.807, 2.05) is 13.0 Å². The lowest BCUT2D eigenvalue weighted by molar-refractivity contribution is -0.124. The Kier molecular flexibility index (Phi) is 4.59. The van der Waals surface area contributed by atoms with Gasteiger partial charge in [0.1, 0.15) is 5.82 Å². The summed E-state index contributed by atoms with van der Waals surface area (Å²) in [7, 11) is 0. The van der Waals surface area contributed by atoms with E-state index in [1.54, 1.807) is 42.5 Å². The van der Waals surface area contributed by atoms with E-state index in [2.05, 4.69) is 20.5 Å². The van der Waals surface area contributed by atoms with Crippen LogP contribution in [0.4, 0.5) is 5.69 Å². The minimum Gasteiger partial charge on any atom is -0.378 e. The average molecular weight is 343 g/mol. The van der Waals surface area contributed by atoms with E-state index in [0.29, 0.717) is 27.9 Å². The van der Waals surface area contributed by atoms with Gasteiger partial charge in [0.25, 0.3) is 5.91 Å². The fraction of sp³-hybridized carbons (Fsp3) is 0.118. The third-order valence-corrected chi connectivity index (χ3v) is 3.78. The molecule has 0 saturated heterocycles. The van der Waals surface area contributed by atoms with E-state index in [0.717, 1.165) is 5.56 Å². The van der Waals surface area contributed by atoms with E-state index < -0.39 is 12.0 Å². The van der Waals surface area contributed by atoms with Gasteiger partial charge in [-0.1, -0.05) is 41.9 Å². The van der Waals surface area contributed by atoms with Crippen LogP contribution in [0.3, 0.4) is 0 Å². The first-order valence-electron chi connectivity index (χ1n) is 7.27. The number of aromatic nitrogens is 3. The quantitative estimate of drug-likeness (QED) is 0.679. The van der Waals surface area contributed by atoms with Gasteiger partial charge in [0.05, 0.1) is 0 Å². The molecule has 1 aromatic heterocycles. The molecule has 0 aliphatic carbocycles. The van der Waals surface area contributed by atoms with E-state index >= 15 is 0 Å². The van der Waals surface area contributed by atoms with Crippen molar-refractivity contribution in [2.45, 2.75) is 13.0 Å². The van der Waals surface area contributed by atoms with Gasteiger partial charge in [0.2, 0.25) is 0 Å². The Morgan fingerprint density at radius 3 is 2.75 bits per heavy atom. The summed E-state index contributed by atoms with van der Waals surface area (Å²) in [5.74, 6) is 0.676. The second-order valence-corrected chi connectivity index (χ2v) is 5.65. The number of aliphatic hydroxyl groups excluding tert-OH is 1. The number of carbonyl (C=O) groups excluding carboxylic acids is 1. The van der Waals surface area contributed by atoms with Crippen LogP contribution in [0.5, 0.6) is 0 Å². The fourth-order valence-electron chi connectivity index (χ4n) is 2.26. The molecular formula is C17H15ClN4O2. The minimum absolute atomic E-state index is 0.338. The average Bonchev–Trinajstić information content (AvgIpc) is 3.01. The number of aliphatic hydroxyl groups is 1. The number of anilines is 1. The highest BCUT2D eigenvalue weighted by atomic mass is 35.5. The molecule has 3 aromatic rings. The number of halogens is 1. The summed E-state index contributed by atoms with van der Waals surface area (Å²) in [5, 5.41) is 20.1. The first-order chi connectivity index (χ1) is 11.5. The molecule has 0 radical (unpaired) electrons. The smallest absolute Gasteiger partial charge is 0.257 e. The molecule has 3 rings (SSSR count). The normalized spacial score (nSPS) is 12.0. The van der Waals surface area contributed by atoms with Crippen LogP contribution >= 0.6 is 11.6 Å². The Bertz CT molecular complexity index is 878. The van der Waals surface area contributed by atoms with Gasteiger partial charge < -0.3 is 10.4 Å². The van der Waals surface area contributed by atoms with Crippen molar-refractivity contribution in [3.05, 3.63) is 64.9 Å². The van der Waals surface area contributed by atoms with Crippen molar-refractivity contribution in [1.29, 1.82) is 0 Å². The lowest BCUT2D eigenvalue weighted by atomic mass is 10.1. The maximum atomic E-state index is 12.3. The predicted octanol–water partition coefficient (Wildman–Crippen LogP) is 3.11. The molecule has 1 atom stereocenters. The van der Waals surface area contributed by atoms with Gasteiger partial charge in [0.15, 0.2) is 11.9 Å². The Balaban J connectivity index is 1.78. The van der Waals surface area contributed by atoms with E-state index in [9.17, 15) is 9.90 Å². The van der Waals surface area contributed by atoms with Crippen LogP contribution in [0.1, 0.15) is 17.5 Å². The van der Waals surface area contributed by atoms with Crippen LogP contribution in [0.2, 0.25) is 5.02 Å². The maximum absolute atomic E-state index is 12.3. The van der Waals surface area contributed by atoms with Crippen LogP contribution in [-0.4, -0.2) is 26.2 Å². The van der Waals surface area contributed by atoms with Gasteiger partial charge in [-0.2, -0.15) is 5.10 Å². The summed E-state index contributed by atoms with van der Waals surface area (Å²) in [4.78, 5) is 16.5. The topological polar surface area (TPSA) is 90.9 Å². The molecule has 3 N–H and O–H groups in total. The zero-order valence-electron chi connectivity index (χ0n) is 12.8. The van der Waals surface area contributed by atoms with Crippen LogP contribution in [-0.2, 0) is 4.79 Å². The summed E-state index contributed by atoms with van der Waals surface area (Å²) in [5.41, 5.74) is 1.65. The molecule has 6 nitrogen and oxygen atoms in total. The Morgan fingerprint density at radius 2 is 2.04 bits per heavy atom. The van der Waals surface area contributed by atoms with Gasteiger partial charge in [-0.05, 0) is 25.1 Å². The van der Waals surface area contributed by atoms with E-state index in [1.165, 1.54) is 0 Å². The molecule has 1 heterocycles. The van der Waals surface area contributed by atoms with Crippen molar-refractivity contribution in [3.63, 3.8) is 0 Å². The zero-order chi connectivity index (χ0) is 17.1. The second kappa shape index (κ2) is 6.82. The lowest BCUT2D eigenvalue weighted by Gasteiger charge is -2.13. The summed E-state index contributed by atoms with van der Waals surface area (Å²) < 4.78 is 0. The number of hydrogen-bond acceptors (Lipinski definition) is 4. The standard InChI is InChI=1S/C17H15ClN4O2/c1-10-19-16(22-21-10)11-5-4-6-12(9-11)20-17(24)15(23)13-7-2-3-8-14(13)18/h2-9,15,23H,1H3,(H,20,24)(H,19,21,22)/t15-/m1/s1. The largest absolute Gasteiger partial charge is 0.378 e. The summed E-state index contributed by atoms with van der Waals surface area (Å²) in [6.07, 6.45) is -1.35. The number of hydrogen-bond donors (Lipinski definition) is 3. The molecule has 0 saturated carbocycles. The predicted molar refractivity (Wildman–Crippen MR) is 91.6 cm³/mol. The highest BCUT2D eigenvalue weighted by molar-refractivity contribution is 6.31. The monoisotopic (exact) mass is 342 g/mol. The third kappa shape index (κ3) is 3.45. The second-order valence-electron chi connectivity index (χ2n) is 5.24. The van der Waals surface area contributed by atoms with Gasteiger partial charge in [-0.15, -0.1) is 0 Å². The summed E-state index contributed by atoms with van der Waals surface area (Å²) >= 11 is 6.01. The number of carbonyl (C=O) groups is 1. The van der Waals surface area contributed by atoms with Gasteiger partial charge in [0, 0.05) is 21.8 Å². The molecular weight excluding hydrogens is 328 g/mol. The summed E-state index contributed by atoms with van der Waals surface area (Å²) in [6, 6.07) is 13.8. The number of nitrogens with one attached hydrogen (secondary N) is 2. The van der Waals surface area contributed by atoms with Gasteiger partial charge >= 0.3 is 0 Å². The third-order valence-electron chi connectivity index (χ3n) is 3.43. The van der Waals surface area contributed by atoms with Gasteiger partial charge in [-0.25, -0.2) is 4.98 Å². The molecule has 2 aromatic carbocycles. The number of rotatable bonds is 4. The fourth-order valence-corrected chi connectivity index (χ4v) is 2.50. The highest BCUT2D eigenvalue weighted by Crippen LogP contribution is 2.25. The molecule has 7 heteroatoms. The number of aryl methyl sites for hydroxylation is 1. The zero-order valence-corrected chi connectivity index (χ0v) is 13.6. The first-order valence-corrected chi connectivity index (χ1v) is 7.65. The summed E-state index contributed by atoms with van der Waals surface area (Å²) in [6.45, 7) is 1.81. The van der Waals surface area contributed by atoms with Gasteiger partial charge in [-0.3, -0.25) is 9.89 Å². The number of benzene rings is 2. The van der Waals surface area contributed by atoms with Crippen molar-refractivity contribution >= 4 is 23.2 Å². The first kappa shape index (κ1) is 16.2. The van der Waals surface area contributed by atoms with Crippen LogP contribution in [0.25, 0.3) is 11.4 Å². The molecule has 0 unspecified atom stereocenters. The molecule has 0 fully saturated rings. The van der Waals surface area contributed by atoms with E-state index in [4.69, 9.17) is 11.6 Å². The van der Waals surface area contributed by atoms with Crippen molar-refractivity contribution in [1.82, 2.24) is 15.2 Å².